The third-order valence-electron chi connectivity index (χ3n) is 3.44. The highest BCUT2D eigenvalue weighted by Gasteiger charge is 2.39. The molecular weight excluding hydrogens is 256 g/mol. The van der Waals surface area contributed by atoms with Crippen molar-refractivity contribution in [3.8, 4) is 11.5 Å². The molecule has 106 valence electrons. The van der Waals surface area contributed by atoms with E-state index in [-0.39, 0.29) is 12.7 Å². The van der Waals surface area contributed by atoms with E-state index in [2.05, 4.69) is 11.9 Å². The SMILES string of the molecule is C=C(C)CN1C(=O)C(C)(C)Nc2cc3c(cc21)OCO3. The predicted octanol–water partition coefficient (Wildman–Crippen LogP) is 2.53. The summed E-state index contributed by atoms with van der Waals surface area (Å²) in [6.07, 6.45) is 0. The summed E-state index contributed by atoms with van der Waals surface area (Å²) >= 11 is 0. The van der Waals surface area contributed by atoms with Gasteiger partial charge in [0.05, 0.1) is 11.4 Å². The third-order valence-corrected chi connectivity index (χ3v) is 3.44. The number of amides is 1. The number of hydrogen-bond acceptors (Lipinski definition) is 4. The number of ether oxygens (including phenoxy) is 2. The lowest BCUT2D eigenvalue weighted by molar-refractivity contribution is -0.122. The van der Waals surface area contributed by atoms with Crippen LogP contribution in [0.4, 0.5) is 11.4 Å². The average Bonchev–Trinajstić information content (AvgIpc) is 2.79. The minimum absolute atomic E-state index is 0.0202. The van der Waals surface area contributed by atoms with Crippen molar-refractivity contribution >= 4 is 17.3 Å². The molecule has 2 aliphatic heterocycles. The van der Waals surface area contributed by atoms with Crippen molar-refractivity contribution in [3.05, 3.63) is 24.3 Å². The first-order valence-corrected chi connectivity index (χ1v) is 6.56. The van der Waals surface area contributed by atoms with Gasteiger partial charge in [-0.1, -0.05) is 12.2 Å². The van der Waals surface area contributed by atoms with Gasteiger partial charge in [-0.2, -0.15) is 0 Å². The van der Waals surface area contributed by atoms with E-state index in [1.807, 2.05) is 32.9 Å². The highest BCUT2D eigenvalue weighted by atomic mass is 16.7. The first kappa shape index (κ1) is 12.8. The highest BCUT2D eigenvalue weighted by molar-refractivity contribution is 6.08. The molecule has 2 aliphatic rings. The number of nitrogens with zero attached hydrogens (tertiary/aromatic N) is 1. The fourth-order valence-corrected chi connectivity index (χ4v) is 2.52. The van der Waals surface area contributed by atoms with Crippen molar-refractivity contribution in [1.82, 2.24) is 0 Å². The van der Waals surface area contributed by atoms with E-state index < -0.39 is 5.54 Å². The summed E-state index contributed by atoms with van der Waals surface area (Å²) in [7, 11) is 0. The molecule has 3 rings (SSSR count). The zero-order valence-electron chi connectivity index (χ0n) is 11.9. The van der Waals surface area contributed by atoms with E-state index >= 15 is 0 Å². The molecule has 0 saturated heterocycles. The zero-order valence-corrected chi connectivity index (χ0v) is 11.9. The molecule has 1 N–H and O–H groups in total. The van der Waals surface area contributed by atoms with Gasteiger partial charge in [0.2, 0.25) is 6.79 Å². The lowest BCUT2D eigenvalue weighted by atomic mass is 9.97. The van der Waals surface area contributed by atoms with Gasteiger partial charge >= 0.3 is 0 Å². The van der Waals surface area contributed by atoms with E-state index in [4.69, 9.17) is 9.47 Å². The molecule has 0 spiro atoms. The Labute approximate surface area is 118 Å². The number of fused-ring (bicyclic) bond motifs is 2. The Bertz CT molecular complexity index is 607. The Morgan fingerprint density at radius 1 is 1.40 bits per heavy atom. The van der Waals surface area contributed by atoms with Crippen LogP contribution in [-0.2, 0) is 4.79 Å². The number of nitrogens with one attached hydrogen (secondary N) is 1. The second kappa shape index (κ2) is 4.16. The minimum atomic E-state index is -0.657. The molecule has 5 nitrogen and oxygen atoms in total. The molecule has 0 aromatic heterocycles. The van der Waals surface area contributed by atoms with Gasteiger partial charge in [0.25, 0.3) is 5.91 Å². The molecule has 1 aromatic rings. The predicted molar refractivity (Wildman–Crippen MR) is 77.4 cm³/mol. The summed E-state index contributed by atoms with van der Waals surface area (Å²) in [6.45, 7) is 10.3. The van der Waals surface area contributed by atoms with Crippen molar-refractivity contribution in [2.24, 2.45) is 0 Å². The average molecular weight is 274 g/mol. The normalized spacial score (nSPS) is 18.6. The Morgan fingerprint density at radius 2 is 2.05 bits per heavy atom. The van der Waals surface area contributed by atoms with Crippen LogP contribution in [0.1, 0.15) is 20.8 Å². The Morgan fingerprint density at radius 3 is 2.70 bits per heavy atom. The van der Waals surface area contributed by atoms with Crippen LogP contribution in [0.25, 0.3) is 0 Å². The van der Waals surface area contributed by atoms with Gasteiger partial charge in [0, 0.05) is 18.7 Å². The van der Waals surface area contributed by atoms with Gasteiger partial charge in [-0.05, 0) is 20.8 Å². The van der Waals surface area contributed by atoms with Crippen LogP contribution in [0.3, 0.4) is 0 Å². The molecule has 5 heteroatoms. The molecule has 2 heterocycles. The molecule has 0 saturated carbocycles. The van der Waals surface area contributed by atoms with E-state index in [0.29, 0.717) is 18.0 Å². The van der Waals surface area contributed by atoms with Crippen molar-refractivity contribution in [1.29, 1.82) is 0 Å². The molecular formula is C15H18N2O3. The molecule has 0 fully saturated rings. The summed E-state index contributed by atoms with van der Waals surface area (Å²) in [6, 6.07) is 3.73. The maximum absolute atomic E-state index is 12.6. The van der Waals surface area contributed by atoms with Gasteiger partial charge in [-0.15, -0.1) is 0 Å². The van der Waals surface area contributed by atoms with Crippen molar-refractivity contribution in [3.63, 3.8) is 0 Å². The summed E-state index contributed by atoms with van der Waals surface area (Å²) in [5.74, 6) is 1.40. The Balaban J connectivity index is 2.11. The molecule has 20 heavy (non-hydrogen) atoms. The van der Waals surface area contributed by atoms with Gasteiger partial charge in [-0.25, -0.2) is 0 Å². The number of carbonyl (C=O) groups excluding carboxylic acids is 1. The number of carbonyl (C=O) groups is 1. The zero-order chi connectivity index (χ0) is 14.5. The number of rotatable bonds is 2. The van der Waals surface area contributed by atoms with Crippen molar-refractivity contribution in [2.45, 2.75) is 26.3 Å². The molecule has 1 amide bonds. The lowest BCUT2D eigenvalue weighted by Gasteiger charge is -2.40. The molecule has 1 aromatic carbocycles. The fraction of sp³-hybridized carbons (Fsp3) is 0.400. The Hall–Kier alpha value is -2.17. The van der Waals surface area contributed by atoms with Crippen LogP contribution in [0.5, 0.6) is 11.5 Å². The monoisotopic (exact) mass is 274 g/mol. The van der Waals surface area contributed by atoms with E-state index in [0.717, 1.165) is 16.9 Å². The van der Waals surface area contributed by atoms with Crippen LogP contribution in [0, 0.1) is 0 Å². The summed E-state index contributed by atoms with van der Waals surface area (Å²) < 4.78 is 10.8. The standard InChI is InChI=1S/C15H18N2O3/c1-9(2)7-17-11-6-13-12(19-8-20-13)5-10(11)16-15(3,4)14(17)18/h5-6,16H,1,7-8H2,2-4H3. The van der Waals surface area contributed by atoms with Gasteiger partial charge in [-0.3, -0.25) is 4.79 Å². The van der Waals surface area contributed by atoms with Gasteiger partial charge < -0.3 is 19.7 Å². The third kappa shape index (κ3) is 1.90. The molecule has 0 bridgehead atoms. The maximum atomic E-state index is 12.6. The number of benzene rings is 1. The lowest BCUT2D eigenvalue weighted by Crippen LogP contribution is -2.54. The van der Waals surface area contributed by atoms with E-state index in [9.17, 15) is 4.79 Å². The van der Waals surface area contributed by atoms with Gasteiger partial charge in [0.15, 0.2) is 11.5 Å². The van der Waals surface area contributed by atoms with Crippen LogP contribution < -0.4 is 19.7 Å². The second-order valence-electron chi connectivity index (χ2n) is 5.82. The Kier molecular flexibility index (Phi) is 2.67. The van der Waals surface area contributed by atoms with Crippen LogP contribution in [-0.4, -0.2) is 24.8 Å². The van der Waals surface area contributed by atoms with Crippen molar-refractivity contribution in [2.75, 3.05) is 23.6 Å². The maximum Gasteiger partial charge on any atom is 0.252 e. The molecule has 0 atom stereocenters. The van der Waals surface area contributed by atoms with Gasteiger partial charge in [0.1, 0.15) is 5.54 Å². The number of anilines is 2. The highest BCUT2D eigenvalue weighted by Crippen LogP contribution is 2.44. The first-order chi connectivity index (χ1) is 9.38. The minimum Gasteiger partial charge on any atom is -0.454 e. The van der Waals surface area contributed by atoms with E-state index in [1.54, 1.807) is 4.90 Å². The summed E-state index contributed by atoms with van der Waals surface area (Å²) in [4.78, 5) is 14.3. The van der Waals surface area contributed by atoms with Crippen LogP contribution in [0.2, 0.25) is 0 Å². The fourth-order valence-electron chi connectivity index (χ4n) is 2.52. The van der Waals surface area contributed by atoms with E-state index in [1.165, 1.54) is 0 Å². The summed E-state index contributed by atoms with van der Waals surface area (Å²) in [5, 5.41) is 3.26. The van der Waals surface area contributed by atoms with Crippen LogP contribution >= 0.6 is 0 Å². The topological polar surface area (TPSA) is 50.8 Å². The smallest absolute Gasteiger partial charge is 0.252 e. The largest absolute Gasteiger partial charge is 0.454 e. The molecule has 0 aliphatic carbocycles. The van der Waals surface area contributed by atoms with Crippen molar-refractivity contribution < 1.29 is 14.3 Å². The van der Waals surface area contributed by atoms with Crippen LogP contribution in [0.15, 0.2) is 24.3 Å². The summed E-state index contributed by atoms with van der Waals surface area (Å²) in [5.41, 5.74) is 1.96. The molecule has 0 radical (unpaired) electrons. The second-order valence-corrected chi connectivity index (χ2v) is 5.82. The molecule has 0 unspecified atom stereocenters. The number of hydrogen-bond donors (Lipinski definition) is 1. The first-order valence-electron chi connectivity index (χ1n) is 6.56. The quantitative estimate of drug-likeness (QED) is 0.842.